The number of rotatable bonds is 4. The van der Waals surface area contributed by atoms with Gasteiger partial charge in [-0.3, -0.25) is 4.79 Å². The Balaban J connectivity index is 2.57. The number of esters is 1. The van der Waals surface area contributed by atoms with Crippen molar-refractivity contribution in [3.63, 3.8) is 0 Å². The zero-order valence-corrected chi connectivity index (χ0v) is 13.4. The Bertz CT molecular complexity index is 771. The number of hydrogen-bond acceptors (Lipinski definition) is 4. The highest BCUT2D eigenvalue weighted by Crippen LogP contribution is 2.33. The zero-order chi connectivity index (χ0) is 17.0. The van der Waals surface area contributed by atoms with Gasteiger partial charge < -0.3 is 4.74 Å². The number of pyridine rings is 1. The maximum atomic E-state index is 13.1. The molecule has 1 atom stereocenters. The fourth-order valence-corrected chi connectivity index (χ4v) is 2.47. The van der Waals surface area contributed by atoms with Gasteiger partial charge in [0.25, 0.3) is 0 Å². The minimum Gasteiger partial charge on any atom is -0.468 e. The van der Waals surface area contributed by atoms with Crippen LogP contribution in [-0.2, 0) is 14.9 Å². The molecule has 4 nitrogen and oxygen atoms in total. The molecule has 2 rings (SSSR count). The lowest BCUT2D eigenvalue weighted by Crippen LogP contribution is -2.33. The van der Waals surface area contributed by atoms with Crippen LogP contribution in [-0.4, -0.2) is 18.1 Å². The molecule has 0 fully saturated rings. The van der Waals surface area contributed by atoms with E-state index in [1.54, 1.807) is 25.1 Å². The number of carbonyl (C=O) groups is 1. The van der Waals surface area contributed by atoms with E-state index in [4.69, 9.17) is 21.6 Å². The first-order valence-corrected chi connectivity index (χ1v) is 7.18. The van der Waals surface area contributed by atoms with Crippen LogP contribution in [0.2, 0.25) is 5.15 Å². The summed E-state index contributed by atoms with van der Waals surface area (Å²) >= 11 is 6.07. The number of nitrogens with zero attached hydrogens (tertiary/aromatic N) is 2. The zero-order valence-electron chi connectivity index (χ0n) is 12.6. The van der Waals surface area contributed by atoms with Gasteiger partial charge in [-0.25, -0.2) is 9.37 Å². The molecule has 23 heavy (non-hydrogen) atoms. The molecule has 2 aromatic rings. The minimum atomic E-state index is -1.16. The molecule has 0 aliphatic rings. The van der Waals surface area contributed by atoms with Gasteiger partial charge in [-0.1, -0.05) is 11.6 Å². The molecule has 0 bridgehead atoms. The highest BCUT2D eigenvalue weighted by molar-refractivity contribution is 6.29. The van der Waals surface area contributed by atoms with Gasteiger partial charge in [0.15, 0.2) is 0 Å². The number of aromatic nitrogens is 1. The van der Waals surface area contributed by atoms with E-state index < -0.39 is 11.4 Å². The van der Waals surface area contributed by atoms with Crippen molar-refractivity contribution < 1.29 is 13.9 Å². The second-order valence-electron chi connectivity index (χ2n) is 5.23. The third-order valence-corrected chi connectivity index (χ3v) is 3.83. The summed E-state index contributed by atoms with van der Waals surface area (Å²) in [7, 11) is 1.27. The predicted molar refractivity (Wildman–Crippen MR) is 84.2 cm³/mol. The van der Waals surface area contributed by atoms with Crippen LogP contribution in [0.15, 0.2) is 36.4 Å². The predicted octanol–water partition coefficient (Wildman–Crippen LogP) is 3.89. The summed E-state index contributed by atoms with van der Waals surface area (Å²) in [5, 5.41) is 9.22. The van der Waals surface area contributed by atoms with E-state index in [0.29, 0.717) is 16.8 Å². The van der Waals surface area contributed by atoms with Crippen molar-refractivity contribution in [2.45, 2.75) is 18.8 Å². The molecular formula is C17H14ClFN2O2. The van der Waals surface area contributed by atoms with Gasteiger partial charge in [0.05, 0.1) is 25.3 Å². The maximum Gasteiger partial charge on any atom is 0.317 e. The molecule has 1 aromatic carbocycles. The monoisotopic (exact) mass is 332 g/mol. The summed E-state index contributed by atoms with van der Waals surface area (Å²) in [6.07, 6.45) is -0.0666. The molecule has 0 spiro atoms. The average molecular weight is 333 g/mol. The number of methoxy groups -OCH3 is 1. The first-order chi connectivity index (χ1) is 10.9. The number of nitriles is 1. The summed E-state index contributed by atoms with van der Waals surface area (Å²) in [6.45, 7) is 1.61. The summed E-state index contributed by atoms with van der Waals surface area (Å²) < 4.78 is 17.9. The lowest BCUT2D eigenvalue weighted by atomic mass is 9.80. The first kappa shape index (κ1) is 16.9. The van der Waals surface area contributed by atoms with E-state index in [1.807, 2.05) is 6.07 Å². The molecule has 1 aromatic heterocycles. The number of hydrogen-bond donors (Lipinski definition) is 0. The van der Waals surface area contributed by atoms with Gasteiger partial charge in [0, 0.05) is 5.56 Å². The molecule has 1 heterocycles. The van der Waals surface area contributed by atoms with E-state index in [1.165, 1.54) is 25.3 Å². The fourth-order valence-electron chi connectivity index (χ4n) is 2.26. The van der Waals surface area contributed by atoms with Crippen LogP contribution >= 0.6 is 11.6 Å². The van der Waals surface area contributed by atoms with Crippen LogP contribution in [0.4, 0.5) is 4.39 Å². The number of halogens is 2. The topological polar surface area (TPSA) is 63.0 Å². The van der Waals surface area contributed by atoms with Gasteiger partial charge in [0.1, 0.15) is 16.4 Å². The molecule has 0 saturated carbocycles. The highest BCUT2D eigenvalue weighted by Gasteiger charge is 2.37. The SMILES string of the molecule is COC(=O)[C@](C)(CC#N)c1cc(Cl)nc(-c2ccc(F)cc2)c1. The van der Waals surface area contributed by atoms with Crippen molar-refractivity contribution in [2.75, 3.05) is 7.11 Å². The molecule has 0 amide bonds. The van der Waals surface area contributed by atoms with Crippen LogP contribution in [0.1, 0.15) is 18.9 Å². The van der Waals surface area contributed by atoms with E-state index in [-0.39, 0.29) is 17.4 Å². The van der Waals surface area contributed by atoms with Crippen molar-refractivity contribution in [3.8, 4) is 17.3 Å². The number of benzene rings is 1. The third-order valence-electron chi connectivity index (χ3n) is 3.64. The molecule has 0 unspecified atom stereocenters. The van der Waals surface area contributed by atoms with E-state index in [9.17, 15) is 9.18 Å². The highest BCUT2D eigenvalue weighted by atomic mass is 35.5. The molecular weight excluding hydrogens is 319 g/mol. The normalized spacial score (nSPS) is 13.0. The Morgan fingerprint density at radius 3 is 2.61 bits per heavy atom. The van der Waals surface area contributed by atoms with E-state index >= 15 is 0 Å². The summed E-state index contributed by atoms with van der Waals surface area (Å²) in [5.41, 5.74) is 0.496. The molecule has 0 aliphatic heterocycles. The van der Waals surface area contributed by atoms with Crippen molar-refractivity contribution >= 4 is 17.6 Å². The number of ether oxygens (including phenoxy) is 1. The van der Waals surface area contributed by atoms with Crippen LogP contribution < -0.4 is 0 Å². The Morgan fingerprint density at radius 1 is 1.39 bits per heavy atom. The van der Waals surface area contributed by atoms with Crippen LogP contribution in [0.25, 0.3) is 11.3 Å². The Labute approximate surface area is 138 Å². The molecule has 0 aliphatic carbocycles. The van der Waals surface area contributed by atoms with E-state index in [2.05, 4.69) is 4.98 Å². The van der Waals surface area contributed by atoms with Gasteiger partial charge >= 0.3 is 5.97 Å². The number of carbonyl (C=O) groups excluding carboxylic acids is 1. The van der Waals surface area contributed by atoms with Crippen molar-refractivity contribution in [3.05, 3.63) is 52.9 Å². The lowest BCUT2D eigenvalue weighted by molar-refractivity contribution is -0.146. The first-order valence-electron chi connectivity index (χ1n) is 6.80. The van der Waals surface area contributed by atoms with Crippen LogP contribution in [0.5, 0.6) is 0 Å². The Kier molecular flexibility index (Phi) is 4.97. The molecule has 0 saturated heterocycles. The standard InChI is InChI=1S/C17H14ClFN2O2/c1-17(7-8-20,16(22)23-2)12-9-14(21-15(18)10-12)11-3-5-13(19)6-4-11/h3-6,9-10H,7H2,1-2H3/t17-/m1/s1. The van der Waals surface area contributed by atoms with E-state index in [0.717, 1.165) is 0 Å². The van der Waals surface area contributed by atoms with Crippen LogP contribution in [0.3, 0.4) is 0 Å². The average Bonchev–Trinajstić information content (AvgIpc) is 2.54. The summed E-state index contributed by atoms with van der Waals surface area (Å²) in [5.74, 6) is -0.897. The van der Waals surface area contributed by atoms with Crippen molar-refractivity contribution in [1.82, 2.24) is 4.98 Å². The van der Waals surface area contributed by atoms with Gasteiger partial charge in [-0.05, 0) is 48.9 Å². The Hall–Kier alpha value is -2.45. The van der Waals surface area contributed by atoms with Gasteiger partial charge in [-0.15, -0.1) is 0 Å². The van der Waals surface area contributed by atoms with Gasteiger partial charge in [-0.2, -0.15) is 5.26 Å². The quantitative estimate of drug-likeness (QED) is 0.629. The molecule has 6 heteroatoms. The van der Waals surface area contributed by atoms with Crippen molar-refractivity contribution in [2.24, 2.45) is 0 Å². The summed E-state index contributed by atoms with van der Waals surface area (Å²) in [4.78, 5) is 16.3. The molecule has 118 valence electrons. The largest absolute Gasteiger partial charge is 0.468 e. The second-order valence-corrected chi connectivity index (χ2v) is 5.62. The molecule has 0 radical (unpaired) electrons. The fraction of sp³-hybridized carbons (Fsp3) is 0.235. The smallest absolute Gasteiger partial charge is 0.317 e. The van der Waals surface area contributed by atoms with Crippen LogP contribution in [0, 0.1) is 17.1 Å². The Morgan fingerprint density at radius 2 is 2.04 bits per heavy atom. The third kappa shape index (κ3) is 3.49. The van der Waals surface area contributed by atoms with Crippen molar-refractivity contribution in [1.29, 1.82) is 5.26 Å². The minimum absolute atomic E-state index is 0.0666. The summed E-state index contributed by atoms with van der Waals surface area (Å²) in [6, 6.07) is 10.9. The van der Waals surface area contributed by atoms with Gasteiger partial charge in [0.2, 0.25) is 0 Å². The second kappa shape index (κ2) is 6.76. The maximum absolute atomic E-state index is 13.1. The lowest BCUT2D eigenvalue weighted by Gasteiger charge is -2.25. The molecule has 0 N–H and O–H groups in total.